The Bertz CT molecular complexity index is 610. The quantitative estimate of drug-likeness (QED) is 0.854. The molecular weight excluding hydrogens is 284 g/mol. The van der Waals surface area contributed by atoms with E-state index < -0.39 is 23.8 Å². The molecule has 0 fully saturated rings. The molecule has 0 spiro atoms. The lowest BCUT2D eigenvalue weighted by Gasteiger charge is -2.32. The molecule has 1 aromatic rings. The van der Waals surface area contributed by atoms with Crippen molar-refractivity contribution in [1.82, 2.24) is 10.4 Å². The molecule has 1 aromatic carbocycles. The maximum atomic E-state index is 12.2. The number of carbonyl (C=O) groups is 3. The second-order valence-corrected chi connectivity index (χ2v) is 4.98. The number of ether oxygens (including phenoxy) is 1. The van der Waals surface area contributed by atoms with Crippen LogP contribution < -0.4 is 5.43 Å². The zero-order valence-electron chi connectivity index (χ0n) is 12.5. The lowest BCUT2D eigenvalue weighted by molar-refractivity contribution is -0.155. The van der Waals surface area contributed by atoms with Crippen LogP contribution in [0.3, 0.4) is 0 Å². The van der Waals surface area contributed by atoms with Gasteiger partial charge in [-0.1, -0.05) is 23.8 Å². The van der Waals surface area contributed by atoms with E-state index in [-0.39, 0.29) is 6.61 Å². The summed E-state index contributed by atoms with van der Waals surface area (Å²) in [6.07, 6.45) is 1.74. The van der Waals surface area contributed by atoms with Crippen LogP contribution in [0.1, 0.15) is 30.6 Å². The Morgan fingerprint density at radius 2 is 2.00 bits per heavy atom. The van der Waals surface area contributed by atoms with Crippen molar-refractivity contribution >= 4 is 17.8 Å². The molecule has 0 bridgehead atoms. The van der Waals surface area contributed by atoms with Gasteiger partial charge in [-0.15, -0.1) is 0 Å². The highest BCUT2D eigenvalue weighted by molar-refractivity contribution is 5.99. The van der Waals surface area contributed by atoms with Gasteiger partial charge in [0.1, 0.15) is 0 Å². The molecule has 6 heteroatoms. The minimum atomic E-state index is -0.842. The van der Waals surface area contributed by atoms with Crippen LogP contribution in [-0.4, -0.2) is 35.4 Å². The third kappa shape index (κ3) is 3.52. The number of nitrogens with one attached hydrogen (secondary N) is 1. The molecule has 1 aliphatic heterocycles. The largest absolute Gasteiger partial charge is 0.464 e. The number of hydrogen-bond donors (Lipinski definition) is 1. The van der Waals surface area contributed by atoms with Gasteiger partial charge in [0, 0.05) is 18.1 Å². The van der Waals surface area contributed by atoms with Crippen molar-refractivity contribution in [3.05, 3.63) is 47.5 Å². The van der Waals surface area contributed by atoms with Crippen molar-refractivity contribution in [2.45, 2.75) is 26.3 Å². The molecule has 0 aromatic heterocycles. The van der Waals surface area contributed by atoms with Crippen molar-refractivity contribution in [3.8, 4) is 0 Å². The first-order chi connectivity index (χ1) is 10.5. The Kier molecular flexibility index (Phi) is 4.93. The number of rotatable bonds is 4. The van der Waals surface area contributed by atoms with E-state index in [9.17, 15) is 14.4 Å². The SMILES string of the molecule is CCOC(=O)[C@H]1CC(C)=CC(=O)N1NC(=O)c1ccccc1. The van der Waals surface area contributed by atoms with Crippen molar-refractivity contribution in [3.63, 3.8) is 0 Å². The van der Waals surface area contributed by atoms with E-state index in [1.54, 1.807) is 44.2 Å². The van der Waals surface area contributed by atoms with Crippen LogP contribution >= 0.6 is 0 Å². The summed E-state index contributed by atoms with van der Waals surface area (Å²) < 4.78 is 4.98. The van der Waals surface area contributed by atoms with Crippen LogP contribution in [0, 0.1) is 0 Å². The number of hydrazine groups is 1. The Labute approximate surface area is 128 Å². The minimum absolute atomic E-state index is 0.215. The molecule has 2 amide bonds. The molecule has 0 saturated carbocycles. The summed E-state index contributed by atoms with van der Waals surface area (Å²) in [6.45, 7) is 3.67. The van der Waals surface area contributed by atoms with Gasteiger partial charge in [-0.25, -0.2) is 9.80 Å². The monoisotopic (exact) mass is 302 g/mol. The van der Waals surface area contributed by atoms with E-state index in [0.29, 0.717) is 12.0 Å². The van der Waals surface area contributed by atoms with E-state index in [1.165, 1.54) is 6.08 Å². The fourth-order valence-electron chi connectivity index (χ4n) is 2.21. The van der Waals surface area contributed by atoms with Gasteiger partial charge in [-0.3, -0.25) is 15.0 Å². The molecule has 1 atom stereocenters. The molecule has 116 valence electrons. The normalized spacial score (nSPS) is 17.7. The van der Waals surface area contributed by atoms with Gasteiger partial charge in [0.15, 0.2) is 6.04 Å². The number of benzene rings is 1. The first-order valence-corrected chi connectivity index (χ1v) is 7.06. The van der Waals surface area contributed by atoms with Crippen molar-refractivity contribution in [2.75, 3.05) is 6.61 Å². The summed E-state index contributed by atoms with van der Waals surface area (Å²) in [6, 6.07) is 7.65. The van der Waals surface area contributed by atoms with E-state index in [4.69, 9.17) is 4.74 Å². The fraction of sp³-hybridized carbons (Fsp3) is 0.312. The molecule has 2 rings (SSSR count). The van der Waals surface area contributed by atoms with Gasteiger partial charge in [0.05, 0.1) is 6.61 Å². The Balaban J connectivity index is 2.19. The van der Waals surface area contributed by atoms with E-state index in [0.717, 1.165) is 10.6 Å². The maximum absolute atomic E-state index is 12.2. The third-order valence-electron chi connectivity index (χ3n) is 3.25. The number of carbonyl (C=O) groups excluding carboxylic acids is 3. The highest BCUT2D eigenvalue weighted by Gasteiger charge is 2.35. The smallest absolute Gasteiger partial charge is 0.331 e. The third-order valence-corrected chi connectivity index (χ3v) is 3.25. The maximum Gasteiger partial charge on any atom is 0.331 e. The highest BCUT2D eigenvalue weighted by atomic mass is 16.5. The van der Waals surface area contributed by atoms with Crippen LogP contribution in [0.2, 0.25) is 0 Å². The highest BCUT2D eigenvalue weighted by Crippen LogP contribution is 2.18. The lowest BCUT2D eigenvalue weighted by Crippen LogP contribution is -2.56. The second-order valence-electron chi connectivity index (χ2n) is 4.98. The van der Waals surface area contributed by atoms with Crippen LogP contribution in [-0.2, 0) is 14.3 Å². The summed E-state index contributed by atoms with van der Waals surface area (Å²) in [7, 11) is 0. The molecule has 0 aliphatic carbocycles. The molecule has 22 heavy (non-hydrogen) atoms. The molecule has 0 radical (unpaired) electrons. The van der Waals surface area contributed by atoms with Crippen LogP contribution in [0.25, 0.3) is 0 Å². The standard InChI is InChI=1S/C16H18N2O4/c1-3-22-16(21)13-9-11(2)10-14(19)18(13)17-15(20)12-7-5-4-6-8-12/h4-8,10,13H,3,9H2,1-2H3,(H,17,20)/t13-/m1/s1. The molecule has 1 aliphatic rings. The number of esters is 1. The minimum Gasteiger partial charge on any atom is -0.464 e. The molecular formula is C16H18N2O4. The average Bonchev–Trinajstić information content (AvgIpc) is 2.50. The Hall–Kier alpha value is -2.63. The Morgan fingerprint density at radius 3 is 2.64 bits per heavy atom. The Morgan fingerprint density at radius 1 is 1.32 bits per heavy atom. The topological polar surface area (TPSA) is 75.7 Å². The van der Waals surface area contributed by atoms with Crippen molar-refractivity contribution in [2.24, 2.45) is 0 Å². The molecule has 0 saturated heterocycles. The predicted molar refractivity (Wildman–Crippen MR) is 79.5 cm³/mol. The molecule has 1 heterocycles. The van der Waals surface area contributed by atoms with Gasteiger partial charge in [0.25, 0.3) is 11.8 Å². The van der Waals surface area contributed by atoms with Gasteiger partial charge >= 0.3 is 5.97 Å². The molecule has 1 N–H and O–H groups in total. The van der Waals surface area contributed by atoms with Crippen molar-refractivity contribution in [1.29, 1.82) is 0 Å². The van der Waals surface area contributed by atoms with Crippen LogP contribution in [0.5, 0.6) is 0 Å². The van der Waals surface area contributed by atoms with Crippen LogP contribution in [0.4, 0.5) is 0 Å². The number of hydrogen-bond acceptors (Lipinski definition) is 4. The van der Waals surface area contributed by atoms with E-state index >= 15 is 0 Å². The summed E-state index contributed by atoms with van der Waals surface area (Å²) in [5.74, 6) is -1.42. The van der Waals surface area contributed by atoms with Gasteiger partial charge < -0.3 is 4.74 Å². The average molecular weight is 302 g/mol. The summed E-state index contributed by atoms with van der Waals surface area (Å²) in [5.41, 5.74) is 3.67. The van der Waals surface area contributed by atoms with Crippen LogP contribution in [0.15, 0.2) is 42.0 Å². The van der Waals surface area contributed by atoms with E-state index in [2.05, 4.69) is 5.43 Å². The van der Waals surface area contributed by atoms with Gasteiger partial charge in [-0.2, -0.15) is 0 Å². The number of amides is 2. The zero-order valence-corrected chi connectivity index (χ0v) is 12.5. The van der Waals surface area contributed by atoms with Crippen molar-refractivity contribution < 1.29 is 19.1 Å². The fourth-order valence-corrected chi connectivity index (χ4v) is 2.21. The van der Waals surface area contributed by atoms with Gasteiger partial charge in [-0.05, 0) is 26.0 Å². The molecule has 6 nitrogen and oxygen atoms in total. The zero-order chi connectivity index (χ0) is 16.1. The summed E-state index contributed by atoms with van der Waals surface area (Å²) in [5, 5.41) is 1.04. The second kappa shape index (κ2) is 6.89. The van der Waals surface area contributed by atoms with E-state index in [1.807, 2.05) is 0 Å². The lowest BCUT2D eigenvalue weighted by atomic mass is 10.0. The first kappa shape index (κ1) is 15.8. The predicted octanol–water partition coefficient (Wildman–Crippen LogP) is 1.44. The summed E-state index contributed by atoms with van der Waals surface area (Å²) in [4.78, 5) is 36.3. The number of nitrogens with zero attached hydrogens (tertiary/aromatic N) is 1. The molecule has 0 unspecified atom stereocenters. The first-order valence-electron chi connectivity index (χ1n) is 7.06. The van der Waals surface area contributed by atoms with Gasteiger partial charge in [0.2, 0.25) is 0 Å². The summed E-state index contributed by atoms with van der Waals surface area (Å²) >= 11 is 0.